The first kappa shape index (κ1) is 19.3. The van der Waals surface area contributed by atoms with Crippen LogP contribution in [0.4, 0.5) is 5.69 Å². The summed E-state index contributed by atoms with van der Waals surface area (Å²) in [7, 11) is 0. The van der Waals surface area contributed by atoms with Crippen LogP contribution >= 0.6 is 24.0 Å². The lowest BCUT2D eigenvalue weighted by molar-refractivity contribution is 0.0944. The summed E-state index contributed by atoms with van der Waals surface area (Å²) in [4.78, 5) is 12.2. The van der Waals surface area contributed by atoms with Crippen molar-refractivity contribution in [3.05, 3.63) is 64.7 Å². The van der Waals surface area contributed by atoms with Crippen molar-refractivity contribution in [3.63, 3.8) is 0 Å². The van der Waals surface area contributed by atoms with E-state index < -0.39 is 0 Å². The maximum Gasteiger partial charge on any atom is 0.269 e. The molecule has 25 heavy (non-hydrogen) atoms. The molecule has 0 saturated heterocycles. The van der Waals surface area contributed by atoms with Gasteiger partial charge in [-0.25, -0.2) is 0 Å². The maximum atomic E-state index is 12.2. The Labute approximate surface area is 158 Å². The van der Waals surface area contributed by atoms with E-state index in [1.807, 2.05) is 43.3 Å². The maximum absolute atomic E-state index is 12.2. The van der Waals surface area contributed by atoms with Crippen molar-refractivity contribution in [1.82, 2.24) is 10.9 Å². The predicted octanol–water partition coefficient (Wildman–Crippen LogP) is 4.05. The van der Waals surface area contributed by atoms with Crippen LogP contribution < -0.4 is 16.2 Å². The standard InChI is InChI=1S/C19H23N3OS2/c1-4-15-7-5-6-13(2)17(15)20-19(24)22-21-18(23)16-10-8-14(9-11-16)12-25-3/h5-11H,4,12H2,1-3H3,(H,21,23)(H2,20,22,24). The quantitative estimate of drug-likeness (QED) is 0.545. The molecule has 0 aliphatic rings. The Kier molecular flexibility index (Phi) is 7.28. The Bertz CT molecular complexity index is 745. The predicted molar refractivity (Wildman–Crippen MR) is 111 cm³/mol. The zero-order chi connectivity index (χ0) is 18.2. The van der Waals surface area contributed by atoms with E-state index in [0.29, 0.717) is 10.7 Å². The van der Waals surface area contributed by atoms with Crippen LogP contribution in [0, 0.1) is 6.92 Å². The highest BCUT2D eigenvalue weighted by Crippen LogP contribution is 2.20. The van der Waals surface area contributed by atoms with Crippen molar-refractivity contribution in [2.24, 2.45) is 0 Å². The van der Waals surface area contributed by atoms with Gasteiger partial charge in [-0.1, -0.05) is 37.3 Å². The molecule has 0 radical (unpaired) electrons. The van der Waals surface area contributed by atoms with Gasteiger partial charge in [0.1, 0.15) is 0 Å². The number of hydrogen-bond donors (Lipinski definition) is 3. The molecular weight excluding hydrogens is 350 g/mol. The van der Waals surface area contributed by atoms with Crippen LogP contribution in [0.2, 0.25) is 0 Å². The summed E-state index contributed by atoms with van der Waals surface area (Å²) < 4.78 is 0. The summed E-state index contributed by atoms with van der Waals surface area (Å²) in [6.07, 6.45) is 2.96. The van der Waals surface area contributed by atoms with Gasteiger partial charge in [0.2, 0.25) is 0 Å². The van der Waals surface area contributed by atoms with Gasteiger partial charge in [-0.15, -0.1) is 0 Å². The van der Waals surface area contributed by atoms with Crippen LogP contribution in [0.5, 0.6) is 0 Å². The van der Waals surface area contributed by atoms with Crippen molar-refractivity contribution < 1.29 is 4.79 Å². The molecule has 1 amide bonds. The van der Waals surface area contributed by atoms with Gasteiger partial charge in [0, 0.05) is 17.0 Å². The third-order valence-corrected chi connectivity index (χ3v) is 4.62. The summed E-state index contributed by atoms with van der Waals surface area (Å²) >= 11 is 7.04. The number of hydrogen-bond acceptors (Lipinski definition) is 3. The topological polar surface area (TPSA) is 53.2 Å². The number of aryl methyl sites for hydroxylation is 2. The molecule has 3 N–H and O–H groups in total. The highest BCUT2D eigenvalue weighted by Gasteiger charge is 2.08. The first-order valence-electron chi connectivity index (χ1n) is 8.08. The second-order valence-electron chi connectivity index (χ2n) is 5.63. The van der Waals surface area contributed by atoms with Crippen LogP contribution in [0.15, 0.2) is 42.5 Å². The highest BCUT2D eigenvalue weighted by molar-refractivity contribution is 7.97. The third kappa shape index (κ3) is 5.47. The third-order valence-electron chi connectivity index (χ3n) is 3.80. The fourth-order valence-electron chi connectivity index (χ4n) is 2.45. The van der Waals surface area contributed by atoms with E-state index in [-0.39, 0.29) is 5.91 Å². The molecule has 6 heteroatoms. The average Bonchev–Trinajstić information content (AvgIpc) is 2.62. The zero-order valence-electron chi connectivity index (χ0n) is 14.7. The van der Waals surface area contributed by atoms with E-state index >= 15 is 0 Å². The Hall–Kier alpha value is -2.05. The molecular formula is C19H23N3OS2. The molecule has 0 bridgehead atoms. The number of benzene rings is 2. The molecule has 0 atom stereocenters. The van der Waals surface area contributed by atoms with E-state index in [9.17, 15) is 4.79 Å². The summed E-state index contributed by atoms with van der Waals surface area (Å²) in [6, 6.07) is 13.7. The number of hydrazine groups is 1. The van der Waals surface area contributed by atoms with Crippen molar-refractivity contribution in [1.29, 1.82) is 0 Å². The van der Waals surface area contributed by atoms with Crippen LogP contribution in [-0.2, 0) is 12.2 Å². The number of carbonyl (C=O) groups is 1. The summed E-state index contributed by atoms with van der Waals surface area (Å²) in [6.45, 7) is 4.12. The second kappa shape index (κ2) is 9.44. The fourth-order valence-corrected chi connectivity index (χ4v) is 3.13. The lowest BCUT2D eigenvalue weighted by Gasteiger charge is -2.16. The van der Waals surface area contributed by atoms with E-state index in [1.165, 1.54) is 11.1 Å². The number of thioether (sulfide) groups is 1. The van der Waals surface area contributed by atoms with Gasteiger partial charge < -0.3 is 5.32 Å². The minimum atomic E-state index is -0.222. The summed E-state index contributed by atoms with van der Waals surface area (Å²) in [5, 5.41) is 3.52. The number of rotatable bonds is 5. The van der Waals surface area contributed by atoms with E-state index in [2.05, 4.69) is 35.4 Å². The number of anilines is 1. The SMILES string of the molecule is CCc1cccc(C)c1NC(=S)NNC(=O)c1ccc(CSC)cc1. The van der Waals surface area contributed by atoms with Gasteiger partial charge in [-0.05, 0) is 60.6 Å². The van der Waals surface area contributed by atoms with Gasteiger partial charge in [0.25, 0.3) is 5.91 Å². The van der Waals surface area contributed by atoms with Gasteiger partial charge >= 0.3 is 0 Å². The van der Waals surface area contributed by atoms with Gasteiger partial charge in [-0.2, -0.15) is 11.8 Å². The largest absolute Gasteiger partial charge is 0.331 e. The molecule has 0 saturated carbocycles. The molecule has 132 valence electrons. The molecule has 2 aromatic rings. The molecule has 0 fully saturated rings. The van der Waals surface area contributed by atoms with Crippen LogP contribution in [0.1, 0.15) is 34.0 Å². The average molecular weight is 374 g/mol. The van der Waals surface area contributed by atoms with Gasteiger partial charge in [0.15, 0.2) is 5.11 Å². The van der Waals surface area contributed by atoms with Crippen LogP contribution in [-0.4, -0.2) is 17.3 Å². The number of nitrogens with one attached hydrogen (secondary N) is 3. The van der Waals surface area contributed by atoms with E-state index in [4.69, 9.17) is 12.2 Å². The number of amides is 1. The van der Waals surface area contributed by atoms with E-state index in [0.717, 1.165) is 23.4 Å². The molecule has 2 rings (SSSR count). The van der Waals surface area contributed by atoms with Crippen LogP contribution in [0.25, 0.3) is 0 Å². The molecule has 2 aromatic carbocycles. The van der Waals surface area contributed by atoms with Gasteiger partial charge in [0.05, 0.1) is 0 Å². The normalized spacial score (nSPS) is 10.2. The highest BCUT2D eigenvalue weighted by atomic mass is 32.2. The number of para-hydroxylation sites is 1. The molecule has 0 unspecified atom stereocenters. The smallest absolute Gasteiger partial charge is 0.269 e. The summed E-state index contributed by atoms with van der Waals surface area (Å²) in [5.41, 5.74) is 10.5. The fraction of sp³-hybridized carbons (Fsp3) is 0.263. The Balaban J connectivity index is 1.92. The Morgan fingerprint density at radius 2 is 1.84 bits per heavy atom. The first-order valence-corrected chi connectivity index (χ1v) is 9.89. The van der Waals surface area contributed by atoms with Gasteiger partial charge in [-0.3, -0.25) is 15.6 Å². The molecule has 0 heterocycles. The molecule has 0 aliphatic heterocycles. The molecule has 0 spiro atoms. The Morgan fingerprint density at radius 3 is 2.48 bits per heavy atom. The molecule has 0 aromatic heterocycles. The molecule has 0 aliphatic carbocycles. The van der Waals surface area contributed by atoms with Crippen molar-refractivity contribution in [3.8, 4) is 0 Å². The lowest BCUT2D eigenvalue weighted by atomic mass is 10.1. The Morgan fingerprint density at radius 1 is 1.12 bits per heavy atom. The second-order valence-corrected chi connectivity index (χ2v) is 6.90. The van der Waals surface area contributed by atoms with Crippen molar-refractivity contribution >= 4 is 40.7 Å². The number of thiocarbonyl (C=S) groups is 1. The minimum Gasteiger partial charge on any atom is -0.331 e. The lowest BCUT2D eigenvalue weighted by Crippen LogP contribution is -2.43. The van der Waals surface area contributed by atoms with Crippen LogP contribution in [0.3, 0.4) is 0 Å². The minimum absolute atomic E-state index is 0.222. The zero-order valence-corrected chi connectivity index (χ0v) is 16.3. The first-order chi connectivity index (χ1) is 12.0. The van der Waals surface area contributed by atoms with E-state index in [1.54, 1.807) is 11.8 Å². The number of carbonyl (C=O) groups excluding carboxylic acids is 1. The van der Waals surface area contributed by atoms with Crippen molar-refractivity contribution in [2.75, 3.05) is 11.6 Å². The summed E-state index contributed by atoms with van der Waals surface area (Å²) in [5.74, 6) is 0.713. The van der Waals surface area contributed by atoms with Crippen molar-refractivity contribution in [2.45, 2.75) is 26.0 Å². The molecule has 4 nitrogen and oxygen atoms in total. The monoisotopic (exact) mass is 373 g/mol.